The maximum absolute atomic E-state index is 11.5. The highest BCUT2D eigenvalue weighted by molar-refractivity contribution is 6.02. The molecule has 0 aromatic carbocycles. The van der Waals surface area contributed by atoms with Crippen LogP contribution in [0.2, 0.25) is 0 Å². The molecule has 0 aliphatic carbocycles. The fraction of sp³-hybridized carbons (Fsp3) is 0.318. The number of likely N-dealkylation sites (N-methyl/N-ethyl adjacent to an activating group) is 1. The summed E-state index contributed by atoms with van der Waals surface area (Å²) in [5.74, 6) is 1.92. The van der Waals surface area contributed by atoms with E-state index in [-0.39, 0.29) is 5.91 Å². The van der Waals surface area contributed by atoms with E-state index in [0.717, 1.165) is 53.8 Å². The second-order valence-electron chi connectivity index (χ2n) is 7.72. The summed E-state index contributed by atoms with van der Waals surface area (Å²) in [5, 5.41) is 3.63. The van der Waals surface area contributed by atoms with Crippen molar-refractivity contribution in [1.29, 1.82) is 0 Å². The Bertz CT molecular complexity index is 1240. The van der Waals surface area contributed by atoms with Crippen molar-refractivity contribution >= 4 is 34.1 Å². The molecular formula is C22H24N6O2. The number of nitrogens with zero attached hydrogens (tertiary/aromatic N) is 4. The minimum atomic E-state index is -0.174. The lowest BCUT2D eigenvalue weighted by Gasteiger charge is -2.31. The summed E-state index contributed by atoms with van der Waals surface area (Å²) in [6.45, 7) is 2.09. The number of rotatable bonds is 4. The van der Waals surface area contributed by atoms with Crippen molar-refractivity contribution in [3.8, 4) is 11.6 Å². The molecular weight excluding hydrogens is 380 g/mol. The molecule has 1 amide bonds. The quantitative estimate of drug-likeness (QED) is 0.510. The van der Waals surface area contributed by atoms with Crippen molar-refractivity contribution in [1.82, 2.24) is 29.7 Å². The first-order chi connectivity index (χ1) is 14.6. The largest absolute Gasteiger partial charge is 0.453 e. The number of carbonyl (C=O) groups excluding carboxylic acids is 1. The fourth-order valence-electron chi connectivity index (χ4n) is 4.18. The van der Waals surface area contributed by atoms with Crippen LogP contribution >= 0.6 is 0 Å². The number of fused-ring (bicyclic) bond motifs is 3. The summed E-state index contributed by atoms with van der Waals surface area (Å²) < 4.78 is 8.38. The van der Waals surface area contributed by atoms with Gasteiger partial charge in [0.2, 0.25) is 5.91 Å². The highest BCUT2D eigenvalue weighted by Gasteiger charge is 2.26. The molecule has 5 heterocycles. The normalized spacial score (nSPS) is 16.2. The zero-order valence-corrected chi connectivity index (χ0v) is 17.1. The molecule has 154 valence electrons. The average molecular weight is 404 g/mol. The number of furan rings is 1. The van der Waals surface area contributed by atoms with Gasteiger partial charge in [-0.05, 0) is 57.3 Å². The predicted molar refractivity (Wildman–Crippen MR) is 116 cm³/mol. The second-order valence-corrected chi connectivity index (χ2v) is 7.72. The van der Waals surface area contributed by atoms with Crippen LogP contribution in [0.1, 0.15) is 24.6 Å². The lowest BCUT2D eigenvalue weighted by atomic mass is 10.0. The van der Waals surface area contributed by atoms with Crippen molar-refractivity contribution in [3.63, 3.8) is 0 Å². The number of pyridine rings is 1. The number of hydrogen-bond donors (Lipinski definition) is 2. The van der Waals surface area contributed by atoms with Gasteiger partial charge in [0, 0.05) is 30.7 Å². The minimum Gasteiger partial charge on any atom is -0.453 e. The van der Waals surface area contributed by atoms with Gasteiger partial charge in [-0.2, -0.15) is 0 Å². The second kappa shape index (κ2) is 7.46. The number of piperidine rings is 1. The highest BCUT2D eigenvalue weighted by atomic mass is 16.3. The SMILES string of the molecule is CNC(=O)C=Cc1ccc(-c2nc3cnc4[nH]ccc4c3n2C2CCN(C)CC2)o1. The number of hydrogen-bond acceptors (Lipinski definition) is 5. The van der Waals surface area contributed by atoms with Crippen LogP contribution in [0, 0.1) is 0 Å². The van der Waals surface area contributed by atoms with Crippen LogP contribution in [-0.2, 0) is 4.79 Å². The molecule has 8 heteroatoms. The number of aromatic amines is 1. The van der Waals surface area contributed by atoms with Gasteiger partial charge >= 0.3 is 0 Å². The van der Waals surface area contributed by atoms with Crippen molar-refractivity contribution < 1.29 is 9.21 Å². The van der Waals surface area contributed by atoms with Crippen LogP contribution in [0.4, 0.5) is 0 Å². The fourth-order valence-corrected chi connectivity index (χ4v) is 4.18. The van der Waals surface area contributed by atoms with E-state index in [1.165, 1.54) is 6.08 Å². The zero-order valence-electron chi connectivity index (χ0n) is 17.1. The van der Waals surface area contributed by atoms with Crippen LogP contribution in [0.3, 0.4) is 0 Å². The summed E-state index contributed by atoms with van der Waals surface area (Å²) in [5.41, 5.74) is 2.80. The summed E-state index contributed by atoms with van der Waals surface area (Å²) in [4.78, 5) is 26.5. The molecule has 1 aliphatic heterocycles. The molecule has 2 N–H and O–H groups in total. The van der Waals surface area contributed by atoms with Crippen LogP contribution in [0.25, 0.3) is 39.7 Å². The number of likely N-dealkylation sites (tertiary alicyclic amines) is 1. The molecule has 4 aromatic rings. The molecule has 1 aliphatic rings. The van der Waals surface area contributed by atoms with Gasteiger partial charge in [0.05, 0.1) is 11.7 Å². The number of nitrogens with one attached hydrogen (secondary N) is 2. The van der Waals surface area contributed by atoms with E-state index < -0.39 is 0 Å². The third-order valence-electron chi connectivity index (χ3n) is 5.78. The Morgan fingerprint density at radius 3 is 2.93 bits per heavy atom. The lowest BCUT2D eigenvalue weighted by molar-refractivity contribution is -0.115. The summed E-state index contributed by atoms with van der Waals surface area (Å²) in [7, 11) is 3.76. The first-order valence-electron chi connectivity index (χ1n) is 10.2. The lowest BCUT2D eigenvalue weighted by Crippen LogP contribution is -2.31. The van der Waals surface area contributed by atoms with Crippen molar-refractivity contribution in [2.24, 2.45) is 0 Å². The molecule has 0 radical (unpaired) electrons. The van der Waals surface area contributed by atoms with Crippen LogP contribution in [0.15, 0.2) is 41.1 Å². The molecule has 0 unspecified atom stereocenters. The third-order valence-corrected chi connectivity index (χ3v) is 5.78. The van der Waals surface area contributed by atoms with Crippen molar-refractivity contribution in [2.45, 2.75) is 18.9 Å². The van der Waals surface area contributed by atoms with Crippen LogP contribution in [-0.4, -0.2) is 57.5 Å². The van der Waals surface area contributed by atoms with Gasteiger partial charge in [0.1, 0.15) is 16.9 Å². The van der Waals surface area contributed by atoms with Gasteiger partial charge in [0.15, 0.2) is 11.6 Å². The smallest absolute Gasteiger partial charge is 0.243 e. The average Bonchev–Trinajstić information content (AvgIpc) is 3.49. The number of H-pyrrole nitrogens is 1. The first kappa shape index (κ1) is 18.6. The number of amides is 1. The van der Waals surface area contributed by atoms with Gasteiger partial charge in [-0.3, -0.25) is 4.79 Å². The molecule has 0 spiro atoms. The van der Waals surface area contributed by atoms with E-state index in [4.69, 9.17) is 9.40 Å². The Hall–Kier alpha value is -3.39. The monoisotopic (exact) mass is 404 g/mol. The van der Waals surface area contributed by atoms with Crippen molar-refractivity contribution in [3.05, 3.63) is 42.4 Å². The Kier molecular flexibility index (Phi) is 4.63. The zero-order chi connectivity index (χ0) is 20.7. The topological polar surface area (TPSA) is 92.0 Å². The summed E-state index contributed by atoms with van der Waals surface area (Å²) in [6.07, 6.45) is 8.95. The Morgan fingerprint density at radius 2 is 2.13 bits per heavy atom. The van der Waals surface area contributed by atoms with Crippen LogP contribution < -0.4 is 5.32 Å². The minimum absolute atomic E-state index is 0.174. The van der Waals surface area contributed by atoms with E-state index in [0.29, 0.717) is 17.6 Å². The maximum Gasteiger partial charge on any atom is 0.243 e. The molecule has 5 rings (SSSR count). The Labute approximate surface area is 173 Å². The molecule has 30 heavy (non-hydrogen) atoms. The number of imidazole rings is 1. The molecule has 8 nitrogen and oxygen atoms in total. The highest BCUT2D eigenvalue weighted by Crippen LogP contribution is 2.36. The molecule has 4 aromatic heterocycles. The number of aromatic nitrogens is 4. The maximum atomic E-state index is 11.5. The third kappa shape index (κ3) is 3.19. The summed E-state index contributed by atoms with van der Waals surface area (Å²) in [6, 6.07) is 6.16. The van der Waals surface area contributed by atoms with Crippen molar-refractivity contribution in [2.75, 3.05) is 27.2 Å². The Balaban J connectivity index is 1.64. The van der Waals surface area contributed by atoms with Gasteiger partial charge in [-0.15, -0.1) is 0 Å². The van der Waals surface area contributed by atoms with E-state index in [2.05, 4.69) is 37.9 Å². The summed E-state index contributed by atoms with van der Waals surface area (Å²) >= 11 is 0. The van der Waals surface area contributed by atoms with Gasteiger partial charge in [0.25, 0.3) is 0 Å². The van der Waals surface area contributed by atoms with Gasteiger partial charge < -0.3 is 24.2 Å². The standard InChI is InChI=1S/C22H24N6O2/c1-23-19(29)6-4-15-3-5-18(30-15)22-26-17-13-25-21-16(7-10-24-21)20(17)28(22)14-8-11-27(2)12-9-14/h3-7,10,13-14H,8-9,11-12H2,1-2H3,(H,23,29)(H,24,25). The van der Waals surface area contributed by atoms with E-state index in [9.17, 15) is 4.79 Å². The molecule has 1 fully saturated rings. The van der Waals surface area contributed by atoms with Gasteiger partial charge in [-0.1, -0.05) is 0 Å². The molecule has 1 saturated heterocycles. The van der Waals surface area contributed by atoms with Crippen LogP contribution in [0.5, 0.6) is 0 Å². The predicted octanol–water partition coefficient (Wildman–Crippen LogP) is 3.20. The van der Waals surface area contributed by atoms with E-state index in [1.54, 1.807) is 13.1 Å². The Morgan fingerprint density at radius 1 is 1.30 bits per heavy atom. The van der Waals surface area contributed by atoms with Gasteiger partial charge in [-0.25, -0.2) is 9.97 Å². The number of carbonyl (C=O) groups is 1. The first-order valence-corrected chi connectivity index (χ1v) is 10.2. The molecule has 0 saturated carbocycles. The molecule has 0 bridgehead atoms. The molecule has 0 atom stereocenters. The van der Waals surface area contributed by atoms with E-state index in [1.807, 2.05) is 24.5 Å². The van der Waals surface area contributed by atoms with E-state index >= 15 is 0 Å².